The number of ether oxygens (including phenoxy) is 1. The number of hydrogen-bond donors (Lipinski definition) is 1. The quantitative estimate of drug-likeness (QED) is 0.386. The summed E-state index contributed by atoms with van der Waals surface area (Å²) in [6.45, 7) is 1.05. The van der Waals surface area contributed by atoms with Crippen molar-refractivity contribution in [2.24, 2.45) is 0 Å². The van der Waals surface area contributed by atoms with Crippen molar-refractivity contribution in [3.63, 3.8) is 0 Å². The number of nitrogens with one attached hydrogen (secondary N) is 1. The Morgan fingerprint density at radius 3 is 2.13 bits per heavy atom. The lowest BCUT2D eigenvalue weighted by atomic mass is 9.84. The number of aryl methyl sites for hydroxylation is 1. The summed E-state index contributed by atoms with van der Waals surface area (Å²) in [5, 5.41) is 2.68. The molecule has 38 heavy (non-hydrogen) atoms. The summed E-state index contributed by atoms with van der Waals surface area (Å²) in [6, 6.07) is 24.4. The van der Waals surface area contributed by atoms with E-state index in [0.29, 0.717) is 44.3 Å². The Bertz CT molecular complexity index is 1210. The molecule has 4 rings (SSSR count). The van der Waals surface area contributed by atoms with Crippen molar-refractivity contribution >= 4 is 12.0 Å². The van der Waals surface area contributed by atoms with Gasteiger partial charge in [-0.2, -0.15) is 13.2 Å². The standard InChI is InChI=1S/C30H31F3N2O3/c31-30(32,33)26-13-7-10-24(22-26)16-19-34-28(37)38-29(25-11-5-2-6-12-25)17-20-35(21-18-29)27(36)15-14-23-8-3-1-4-9-23/h1-13,22H,14-21H2,(H,34,37). The van der Waals surface area contributed by atoms with Crippen molar-refractivity contribution in [2.45, 2.75) is 43.9 Å². The topological polar surface area (TPSA) is 58.6 Å². The zero-order chi connectivity index (χ0) is 27.0. The van der Waals surface area contributed by atoms with Crippen LogP contribution in [-0.2, 0) is 34.2 Å². The fourth-order valence-corrected chi connectivity index (χ4v) is 4.79. The van der Waals surface area contributed by atoms with Crippen LogP contribution in [0.1, 0.15) is 41.5 Å². The lowest BCUT2D eigenvalue weighted by Gasteiger charge is -2.41. The van der Waals surface area contributed by atoms with E-state index in [1.807, 2.05) is 65.6 Å². The number of piperidine rings is 1. The van der Waals surface area contributed by atoms with Gasteiger partial charge in [-0.1, -0.05) is 78.9 Å². The summed E-state index contributed by atoms with van der Waals surface area (Å²) in [6.07, 6.45) is -2.82. The van der Waals surface area contributed by atoms with E-state index < -0.39 is 23.4 Å². The van der Waals surface area contributed by atoms with Gasteiger partial charge in [0.1, 0.15) is 5.60 Å². The molecule has 1 heterocycles. The maximum Gasteiger partial charge on any atom is 0.416 e. The van der Waals surface area contributed by atoms with Gasteiger partial charge in [-0.05, 0) is 35.6 Å². The van der Waals surface area contributed by atoms with E-state index in [9.17, 15) is 22.8 Å². The third-order valence-corrected chi connectivity index (χ3v) is 6.92. The number of alkyl halides is 3. The van der Waals surface area contributed by atoms with Crippen LogP contribution < -0.4 is 5.32 Å². The predicted molar refractivity (Wildman–Crippen MR) is 138 cm³/mol. The molecule has 2 amide bonds. The van der Waals surface area contributed by atoms with Crippen LogP contribution in [0, 0.1) is 0 Å². The smallest absolute Gasteiger partial charge is 0.416 e. The van der Waals surface area contributed by atoms with E-state index in [4.69, 9.17) is 4.74 Å². The summed E-state index contributed by atoms with van der Waals surface area (Å²) in [4.78, 5) is 27.4. The maximum absolute atomic E-state index is 13.0. The molecule has 0 aromatic heterocycles. The van der Waals surface area contributed by atoms with E-state index in [-0.39, 0.29) is 18.9 Å². The summed E-state index contributed by atoms with van der Waals surface area (Å²) in [5.41, 5.74) is 0.828. The maximum atomic E-state index is 13.0. The van der Waals surface area contributed by atoms with Crippen LogP contribution in [0.2, 0.25) is 0 Å². The molecular formula is C30H31F3N2O3. The Morgan fingerprint density at radius 1 is 0.842 bits per heavy atom. The first kappa shape index (κ1) is 27.2. The number of carbonyl (C=O) groups excluding carboxylic acids is 2. The molecule has 1 aliphatic heterocycles. The lowest BCUT2D eigenvalue weighted by Crippen LogP contribution is -2.48. The minimum Gasteiger partial charge on any atom is -0.438 e. The number of benzene rings is 3. The molecule has 0 bridgehead atoms. The molecule has 1 aliphatic rings. The van der Waals surface area contributed by atoms with E-state index >= 15 is 0 Å². The summed E-state index contributed by atoms with van der Waals surface area (Å²) in [7, 11) is 0. The van der Waals surface area contributed by atoms with Crippen molar-refractivity contribution in [1.82, 2.24) is 10.2 Å². The molecule has 0 unspecified atom stereocenters. The summed E-state index contributed by atoms with van der Waals surface area (Å²) in [5.74, 6) is 0.0704. The Labute approximate surface area is 220 Å². The van der Waals surface area contributed by atoms with Gasteiger partial charge in [0.15, 0.2) is 0 Å². The van der Waals surface area contributed by atoms with E-state index in [1.165, 1.54) is 6.07 Å². The van der Waals surface area contributed by atoms with Crippen molar-refractivity contribution in [3.05, 3.63) is 107 Å². The van der Waals surface area contributed by atoms with Crippen molar-refractivity contribution in [2.75, 3.05) is 19.6 Å². The van der Waals surface area contributed by atoms with Crippen molar-refractivity contribution in [1.29, 1.82) is 0 Å². The van der Waals surface area contributed by atoms with Crippen LogP contribution in [0.5, 0.6) is 0 Å². The SMILES string of the molecule is O=C(NCCc1cccc(C(F)(F)F)c1)OC1(c2ccccc2)CCN(C(=O)CCc2ccccc2)CC1. The highest BCUT2D eigenvalue weighted by molar-refractivity contribution is 5.76. The number of nitrogens with zero attached hydrogens (tertiary/aromatic N) is 1. The molecule has 0 radical (unpaired) electrons. The highest BCUT2D eigenvalue weighted by Crippen LogP contribution is 2.37. The van der Waals surface area contributed by atoms with Gasteiger partial charge in [0.2, 0.25) is 5.91 Å². The first-order valence-electron chi connectivity index (χ1n) is 12.8. The second kappa shape index (κ2) is 12.2. The average molecular weight is 525 g/mol. The molecule has 200 valence electrons. The Kier molecular flexibility index (Phi) is 8.71. The number of halogens is 3. The fraction of sp³-hybridized carbons (Fsp3) is 0.333. The average Bonchev–Trinajstić information content (AvgIpc) is 2.93. The second-order valence-corrected chi connectivity index (χ2v) is 9.49. The Balaban J connectivity index is 1.34. The first-order chi connectivity index (χ1) is 18.2. The number of likely N-dealkylation sites (tertiary alicyclic amines) is 1. The van der Waals surface area contributed by atoms with E-state index in [1.54, 1.807) is 6.07 Å². The Hall–Kier alpha value is -3.81. The highest BCUT2D eigenvalue weighted by atomic mass is 19.4. The van der Waals surface area contributed by atoms with Crippen LogP contribution in [0.25, 0.3) is 0 Å². The molecule has 1 saturated heterocycles. The van der Waals surface area contributed by atoms with Crippen molar-refractivity contribution < 1.29 is 27.5 Å². The Morgan fingerprint density at radius 2 is 1.47 bits per heavy atom. The summed E-state index contributed by atoms with van der Waals surface area (Å²) < 4.78 is 44.9. The molecule has 3 aromatic carbocycles. The molecule has 0 spiro atoms. The van der Waals surface area contributed by atoms with Crippen LogP contribution in [-0.4, -0.2) is 36.5 Å². The monoisotopic (exact) mass is 524 g/mol. The number of rotatable bonds is 8. The lowest BCUT2D eigenvalue weighted by molar-refractivity contribution is -0.138. The fourth-order valence-electron chi connectivity index (χ4n) is 4.79. The molecule has 3 aromatic rings. The van der Waals surface area contributed by atoms with Crippen LogP contribution in [0.15, 0.2) is 84.9 Å². The van der Waals surface area contributed by atoms with Gasteiger partial charge in [-0.15, -0.1) is 0 Å². The first-order valence-corrected chi connectivity index (χ1v) is 12.8. The predicted octanol–water partition coefficient (Wildman–Crippen LogP) is 6.12. The molecule has 1 N–H and O–H groups in total. The van der Waals surface area contributed by atoms with Crippen molar-refractivity contribution in [3.8, 4) is 0 Å². The van der Waals surface area contributed by atoms with Gasteiger partial charge in [0.05, 0.1) is 5.56 Å². The normalized spacial score (nSPS) is 15.1. The van der Waals surface area contributed by atoms with Crippen LogP contribution in [0.3, 0.4) is 0 Å². The second-order valence-electron chi connectivity index (χ2n) is 9.49. The largest absolute Gasteiger partial charge is 0.438 e. The minimum absolute atomic E-state index is 0.0704. The number of hydrogen-bond acceptors (Lipinski definition) is 3. The molecule has 0 saturated carbocycles. The molecule has 8 heteroatoms. The van der Waals surface area contributed by atoms with Gasteiger partial charge in [-0.3, -0.25) is 4.79 Å². The molecule has 5 nitrogen and oxygen atoms in total. The minimum atomic E-state index is -4.41. The molecule has 0 aliphatic carbocycles. The molecule has 0 atom stereocenters. The summed E-state index contributed by atoms with van der Waals surface area (Å²) >= 11 is 0. The number of alkyl carbamates (subject to hydrolysis) is 1. The van der Waals surface area contributed by atoms with Gasteiger partial charge in [0, 0.05) is 38.9 Å². The molecule has 1 fully saturated rings. The number of carbonyl (C=O) groups is 2. The van der Waals surface area contributed by atoms with Gasteiger partial charge in [-0.25, -0.2) is 4.79 Å². The van der Waals surface area contributed by atoms with E-state index in [2.05, 4.69) is 5.32 Å². The van der Waals surface area contributed by atoms with Crippen LogP contribution in [0.4, 0.5) is 18.0 Å². The zero-order valence-electron chi connectivity index (χ0n) is 21.0. The van der Waals surface area contributed by atoms with Gasteiger partial charge >= 0.3 is 12.3 Å². The van der Waals surface area contributed by atoms with Gasteiger partial charge in [0.25, 0.3) is 0 Å². The third kappa shape index (κ3) is 7.15. The van der Waals surface area contributed by atoms with Gasteiger partial charge < -0.3 is 15.0 Å². The molecular weight excluding hydrogens is 493 g/mol. The third-order valence-electron chi connectivity index (χ3n) is 6.92. The van der Waals surface area contributed by atoms with Crippen LogP contribution >= 0.6 is 0 Å². The highest BCUT2D eigenvalue weighted by Gasteiger charge is 2.41. The zero-order valence-corrected chi connectivity index (χ0v) is 21.0. The number of amides is 2. The van der Waals surface area contributed by atoms with E-state index in [0.717, 1.165) is 23.3 Å².